The summed E-state index contributed by atoms with van der Waals surface area (Å²) in [7, 11) is 0. The first kappa shape index (κ1) is 11.4. The Labute approximate surface area is 99.8 Å². The Kier molecular flexibility index (Phi) is 2.97. The van der Waals surface area contributed by atoms with Gasteiger partial charge in [-0.3, -0.25) is 0 Å². The number of hydrogen-bond donors (Lipinski definition) is 2. The van der Waals surface area contributed by atoms with Gasteiger partial charge in [0.2, 0.25) is 0 Å². The Hall–Kier alpha value is -2.08. The highest BCUT2D eigenvalue weighted by molar-refractivity contribution is 6.33. The third-order valence-electron chi connectivity index (χ3n) is 1.92. The summed E-state index contributed by atoms with van der Waals surface area (Å²) in [5.41, 5.74) is -0.298. The van der Waals surface area contributed by atoms with Crippen LogP contribution in [0.15, 0.2) is 28.9 Å². The molecule has 0 saturated carbocycles. The van der Waals surface area contributed by atoms with Crippen LogP contribution in [-0.4, -0.2) is 16.1 Å². The second-order valence-electron chi connectivity index (χ2n) is 3.06. The molecule has 0 aliphatic rings. The molecule has 88 valence electrons. The summed E-state index contributed by atoms with van der Waals surface area (Å²) >= 11 is 5.76. The monoisotopic (exact) mass is 256 g/mol. The number of halogens is 2. The molecular weight excluding hydrogens is 251 g/mol. The number of rotatable bonds is 3. The number of aromatic carboxylic acids is 1. The second kappa shape index (κ2) is 4.42. The lowest BCUT2D eigenvalue weighted by molar-refractivity contribution is 0.0690. The van der Waals surface area contributed by atoms with Crippen LogP contribution in [0.4, 0.5) is 16.1 Å². The number of aromatic nitrogens is 1. The van der Waals surface area contributed by atoms with Gasteiger partial charge in [0.15, 0.2) is 5.69 Å². The predicted molar refractivity (Wildman–Crippen MR) is 58.2 cm³/mol. The van der Waals surface area contributed by atoms with E-state index in [1.54, 1.807) is 0 Å². The first-order chi connectivity index (χ1) is 8.08. The maximum absolute atomic E-state index is 13.4. The van der Waals surface area contributed by atoms with Crippen molar-refractivity contribution in [2.24, 2.45) is 0 Å². The van der Waals surface area contributed by atoms with E-state index in [2.05, 4.69) is 10.3 Å². The van der Waals surface area contributed by atoms with Crippen LogP contribution < -0.4 is 5.32 Å². The van der Waals surface area contributed by atoms with Gasteiger partial charge in [0, 0.05) is 0 Å². The molecule has 0 radical (unpaired) electrons. The molecular formula is C10H6ClFN2O3. The maximum atomic E-state index is 13.4. The fraction of sp³-hybridized carbons (Fsp3) is 0. The first-order valence-electron chi connectivity index (χ1n) is 4.48. The molecule has 1 aromatic heterocycles. The number of carbonyl (C=O) groups is 1. The lowest BCUT2D eigenvalue weighted by Gasteiger charge is -2.04. The van der Waals surface area contributed by atoms with Crippen molar-refractivity contribution in [2.75, 3.05) is 5.32 Å². The van der Waals surface area contributed by atoms with E-state index in [1.165, 1.54) is 18.2 Å². The minimum atomic E-state index is -1.23. The quantitative estimate of drug-likeness (QED) is 0.883. The number of nitrogens with zero attached hydrogens (tertiary/aromatic N) is 1. The number of hydrogen-bond acceptors (Lipinski definition) is 4. The fourth-order valence-corrected chi connectivity index (χ4v) is 1.36. The Morgan fingerprint density at radius 3 is 2.88 bits per heavy atom. The van der Waals surface area contributed by atoms with E-state index in [-0.39, 0.29) is 22.4 Å². The molecule has 0 spiro atoms. The van der Waals surface area contributed by atoms with Crippen LogP contribution in [0.1, 0.15) is 10.5 Å². The molecule has 0 fully saturated rings. The molecule has 7 heteroatoms. The zero-order chi connectivity index (χ0) is 12.4. The van der Waals surface area contributed by atoms with Gasteiger partial charge in [0.1, 0.15) is 12.1 Å². The minimum Gasteiger partial charge on any atom is -0.476 e. The van der Waals surface area contributed by atoms with Gasteiger partial charge in [-0.25, -0.2) is 9.18 Å². The van der Waals surface area contributed by atoms with Gasteiger partial charge in [-0.2, -0.15) is 4.98 Å². The van der Waals surface area contributed by atoms with Crippen LogP contribution in [0, 0.1) is 5.82 Å². The summed E-state index contributed by atoms with van der Waals surface area (Å²) in [6.45, 7) is 0. The van der Waals surface area contributed by atoms with E-state index in [1.807, 2.05) is 0 Å². The SMILES string of the molecule is O=C(O)c1coc(Nc2c(F)cccc2Cl)n1. The molecule has 2 N–H and O–H groups in total. The molecule has 0 unspecified atom stereocenters. The molecule has 0 amide bonds. The number of carboxylic acid groups (broad SMARTS) is 1. The average molecular weight is 257 g/mol. The van der Waals surface area contributed by atoms with Crippen LogP contribution >= 0.6 is 11.6 Å². The Bertz CT molecular complexity index is 550. The topological polar surface area (TPSA) is 75.4 Å². The molecule has 2 aromatic rings. The van der Waals surface area contributed by atoms with Crippen molar-refractivity contribution in [1.29, 1.82) is 0 Å². The molecule has 17 heavy (non-hydrogen) atoms. The van der Waals surface area contributed by atoms with Crippen molar-refractivity contribution in [3.8, 4) is 0 Å². The molecule has 0 aliphatic carbocycles. The zero-order valence-corrected chi connectivity index (χ0v) is 9.03. The highest BCUT2D eigenvalue weighted by Crippen LogP contribution is 2.27. The van der Waals surface area contributed by atoms with Gasteiger partial charge in [-0.15, -0.1) is 0 Å². The van der Waals surface area contributed by atoms with Crippen LogP contribution in [-0.2, 0) is 0 Å². The van der Waals surface area contributed by atoms with Crippen molar-refractivity contribution in [2.45, 2.75) is 0 Å². The molecule has 2 rings (SSSR count). The number of anilines is 2. The van der Waals surface area contributed by atoms with Crippen molar-refractivity contribution < 1.29 is 18.7 Å². The van der Waals surface area contributed by atoms with E-state index in [0.717, 1.165) is 6.26 Å². The van der Waals surface area contributed by atoms with Crippen LogP contribution in [0.5, 0.6) is 0 Å². The van der Waals surface area contributed by atoms with Crippen molar-refractivity contribution >= 4 is 29.3 Å². The highest BCUT2D eigenvalue weighted by atomic mass is 35.5. The first-order valence-corrected chi connectivity index (χ1v) is 4.85. The number of nitrogens with one attached hydrogen (secondary N) is 1. The molecule has 0 aliphatic heterocycles. The number of para-hydroxylation sites is 1. The average Bonchev–Trinajstić information content (AvgIpc) is 2.72. The van der Waals surface area contributed by atoms with Crippen LogP contribution in [0.3, 0.4) is 0 Å². The summed E-state index contributed by atoms with van der Waals surface area (Å²) in [4.78, 5) is 14.1. The Morgan fingerprint density at radius 2 is 2.29 bits per heavy atom. The summed E-state index contributed by atoms with van der Waals surface area (Å²) in [6, 6.07) is 3.99. The third kappa shape index (κ3) is 2.36. The zero-order valence-electron chi connectivity index (χ0n) is 8.28. The van der Waals surface area contributed by atoms with Gasteiger partial charge in [-0.05, 0) is 12.1 Å². The molecule has 0 atom stereocenters. The Morgan fingerprint density at radius 1 is 1.53 bits per heavy atom. The standard InChI is InChI=1S/C10H6ClFN2O3/c11-5-2-1-3-6(12)8(5)14-10-13-7(4-17-10)9(15)16/h1-4H,(H,13,14)(H,15,16). The van der Waals surface area contributed by atoms with E-state index < -0.39 is 11.8 Å². The normalized spacial score (nSPS) is 10.2. The van der Waals surface area contributed by atoms with Gasteiger partial charge >= 0.3 is 5.97 Å². The van der Waals surface area contributed by atoms with E-state index in [9.17, 15) is 9.18 Å². The summed E-state index contributed by atoms with van der Waals surface area (Å²) < 4.78 is 18.2. The lowest BCUT2D eigenvalue weighted by atomic mass is 10.3. The van der Waals surface area contributed by atoms with Crippen LogP contribution in [0.25, 0.3) is 0 Å². The second-order valence-corrected chi connectivity index (χ2v) is 3.47. The molecule has 0 saturated heterocycles. The molecule has 5 nitrogen and oxygen atoms in total. The molecule has 1 heterocycles. The summed E-state index contributed by atoms with van der Waals surface area (Å²) in [5.74, 6) is -1.82. The highest BCUT2D eigenvalue weighted by Gasteiger charge is 2.13. The van der Waals surface area contributed by atoms with Gasteiger partial charge in [-0.1, -0.05) is 17.7 Å². The fourth-order valence-electron chi connectivity index (χ4n) is 1.15. The third-order valence-corrected chi connectivity index (χ3v) is 2.23. The van der Waals surface area contributed by atoms with Gasteiger partial charge in [0.25, 0.3) is 6.01 Å². The van der Waals surface area contributed by atoms with E-state index in [0.29, 0.717) is 0 Å². The number of oxazole rings is 1. The predicted octanol–water partition coefficient (Wildman–Crippen LogP) is 2.91. The van der Waals surface area contributed by atoms with E-state index >= 15 is 0 Å². The lowest BCUT2D eigenvalue weighted by Crippen LogP contribution is -1.98. The molecule has 0 bridgehead atoms. The summed E-state index contributed by atoms with van der Waals surface area (Å²) in [5, 5.41) is 11.2. The van der Waals surface area contributed by atoms with E-state index in [4.69, 9.17) is 21.1 Å². The smallest absolute Gasteiger partial charge is 0.357 e. The van der Waals surface area contributed by atoms with Gasteiger partial charge < -0.3 is 14.8 Å². The van der Waals surface area contributed by atoms with Crippen molar-refractivity contribution in [1.82, 2.24) is 4.98 Å². The molecule has 1 aromatic carbocycles. The number of carboxylic acids is 1. The minimum absolute atomic E-state index is 0.0204. The largest absolute Gasteiger partial charge is 0.476 e. The van der Waals surface area contributed by atoms with Crippen LogP contribution in [0.2, 0.25) is 5.02 Å². The Balaban J connectivity index is 2.28. The number of benzene rings is 1. The maximum Gasteiger partial charge on any atom is 0.357 e. The summed E-state index contributed by atoms with van der Waals surface area (Å²) in [6.07, 6.45) is 0.944. The van der Waals surface area contributed by atoms with Crippen molar-refractivity contribution in [3.63, 3.8) is 0 Å². The van der Waals surface area contributed by atoms with Crippen molar-refractivity contribution in [3.05, 3.63) is 41.0 Å². The van der Waals surface area contributed by atoms with Gasteiger partial charge in [0.05, 0.1) is 10.7 Å².